The van der Waals surface area contributed by atoms with Crippen molar-refractivity contribution in [2.45, 2.75) is 18.6 Å². The lowest BCUT2D eigenvalue weighted by molar-refractivity contribution is -0.130. The first-order valence-electron chi connectivity index (χ1n) is 8.77. The minimum Gasteiger partial charge on any atom is -0.509 e. The lowest BCUT2D eigenvalue weighted by Gasteiger charge is -2.43. The topological polar surface area (TPSA) is 184 Å². The van der Waals surface area contributed by atoms with E-state index in [1.165, 1.54) is 31.2 Å². The molecule has 9 heteroatoms. The van der Waals surface area contributed by atoms with Gasteiger partial charge in [0.25, 0.3) is 5.91 Å². The van der Waals surface area contributed by atoms with Crippen LogP contribution in [0.3, 0.4) is 0 Å². The highest BCUT2D eigenvalue weighted by molar-refractivity contribution is 6.30. The molecule has 8 N–H and O–H groups in total. The van der Waals surface area contributed by atoms with E-state index in [-0.39, 0.29) is 28.0 Å². The summed E-state index contributed by atoms with van der Waals surface area (Å²) in [5, 5.41) is 42.4. The molecule has 0 fully saturated rings. The molecule has 4 rings (SSSR count). The molecular weight excluding hydrogens is 380 g/mol. The van der Waals surface area contributed by atoms with Crippen LogP contribution in [0, 0.1) is 11.8 Å². The van der Waals surface area contributed by atoms with Crippen LogP contribution in [0.2, 0.25) is 0 Å². The van der Waals surface area contributed by atoms with Gasteiger partial charge in [-0.05, 0) is 24.1 Å². The fraction of sp³-hybridized carbons (Fsp3) is 0.250. The third-order valence-corrected chi connectivity index (χ3v) is 5.88. The highest BCUT2D eigenvalue weighted by Gasteiger charge is 2.54. The molecule has 0 saturated heterocycles. The number of aromatic hydroxyl groups is 1. The number of hydrogen-bond donors (Lipinski definition) is 6. The minimum absolute atomic E-state index is 0.00734. The van der Waals surface area contributed by atoms with E-state index in [4.69, 9.17) is 11.5 Å². The minimum atomic E-state index is -1.74. The van der Waals surface area contributed by atoms with Crippen LogP contribution in [0.5, 0.6) is 5.75 Å². The molecule has 1 aromatic carbocycles. The number of phenolic OH excluding ortho intramolecular Hbond substituents is 1. The average molecular weight is 398 g/mol. The first-order valence-corrected chi connectivity index (χ1v) is 8.77. The van der Waals surface area contributed by atoms with Gasteiger partial charge in [0, 0.05) is 11.5 Å². The fourth-order valence-electron chi connectivity index (χ4n) is 4.44. The average Bonchev–Trinajstić information content (AvgIpc) is 2.63. The molecule has 9 nitrogen and oxygen atoms in total. The summed E-state index contributed by atoms with van der Waals surface area (Å²) in [5.41, 5.74) is 8.40. The summed E-state index contributed by atoms with van der Waals surface area (Å²) in [6, 6.07) is 2.90. The van der Waals surface area contributed by atoms with E-state index >= 15 is 0 Å². The summed E-state index contributed by atoms with van der Waals surface area (Å²) >= 11 is 0. The van der Waals surface area contributed by atoms with Crippen molar-refractivity contribution in [2.75, 3.05) is 0 Å². The SMILES string of the molecule is C[C@@]1(O)c2cccc(O)c2C(O)=C2C(=O)C3C(=O)C(C(N)=O)=C(O)[C@@H](N)C3=C[C@@H]21. The third kappa shape index (κ3) is 2.25. The van der Waals surface area contributed by atoms with Gasteiger partial charge >= 0.3 is 0 Å². The number of fused-ring (bicyclic) bond motifs is 3. The van der Waals surface area contributed by atoms with Crippen molar-refractivity contribution in [2.24, 2.45) is 23.3 Å². The molecule has 3 aliphatic rings. The van der Waals surface area contributed by atoms with Gasteiger partial charge in [0.2, 0.25) is 0 Å². The number of nitrogens with two attached hydrogens (primary N) is 2. The number of primary amides is 1. The highest BCUT2D eigenvalue weighted by atomic mass is 16.3. The number of aliphatic hydroxyl groups excluding tert-OH is 2. The third-order valence-electron chi connectivity index (χ3n) is 5.88. The fourth-order valence-corrected chi connectivity index (χ4v) is 4.44. The van der Waals surface area contributed by atoms with E-state index in [0.717, 1.165) is 0 Å². The summed E-state index contributed by atoms with van der Waals surface area (Å²) in [4.78, 5) is 37.7. The predicted octanol–water partition coefficient (Wildman–Crippen LogP) is -0.169. The molecule has 3 aliphatic carbocycles. The summed E-state index contributed by atoms with van der Waals surface area (Å²) in [7, 11) is 0. The maximum Gasteiger partial charge on any atom is 0.255 e. The zero-order valence-electron chi connectivity index (χ0n) is 15.2. The van der Waals surface area contributed by atoms with Gasteiger partial charge in [0.1, 0.15) is 28.8 Å². The van der Waals surface area contributed by atoms with Crippen LogP contribution in [-0.4, -0.2) is 43.9 Å². The lowest BCUT2D eigenvalue weighted by Crippen LogP contribution is -2.51. The molecule has 0 radical (unpaired) electrons. The molecule has 0 heterocycles. The van der Waals surface area contributed by atoms with Gasteiger partial charge in [-0.1, -0.05) is 18.2 Å². The molecule has 0 saturated carbocycles. The Morgan fingerprint density at radius 2 is 1.79 bits per heavy atom. The highest BCUT2D eigenvalue weighted by Crippen LogP contribution is 2.52. The van der Waals surface area contributed by atoms with Crippen LogP contribution in [0.25, 0.3) is 5.76 Å². The van der Waals surface area contributed by atoms with Crippen LogP contribution in [0.4, 0.5) is 0 Å². The summed E-state index contributed by atoms with van der Waals surface area (Å²) in [6.45, 7) is 1.40. The maximum absolute atomic E-state index is 13.3. The van der Waals surface area contributed by atoms with Crippen molar-refractivity contribution in [3.05, 3.63) is 57.9 Å². The standard InChI is InChI=1S/C20H18N2O7/c1-20(29)7-3-2-4-9(23)11(7)17(26)12-8(20)5-6-10(15(12)24)16(25)13(19(22)28)18(27)14(6)21/h2-5,8,10,14,23,26-27,29H,21H2,1H3,(H2,22,28)/t8-,10?,14-,20+/m0/s1. The molecule has 0 spiro atoms. The lowest BCUT2D eigenvalue weighted by atomic mass is 9.61. The van der Waals surface area contributed by atoms with Gasteiger partial charge in [0.05, 0.1) is 17.2 Å². The maximum atomic E-state index is 13.3. The van der Waals surface area contributed by atoms with E-state index in [2.05, 4.69) is 0 Å². The molecular formula is C20H18N2O7. The van der Waals surface area contributed by atoms with Crippen LogP contribution in [-0.2, 0) is 20.0 Å². The number of phenols is 1. The van der Waals surface area contributed by atoms with Gasteiger partial charge in [0.15, 0.2) is 11.6 Å². The normalized spacial score (nSPS) is 31.1. The number of ketones is 2. The van der Waals surface area contributed by atoms with Crippen molar-refractivity contribution in [1.29, 1.82) is 0 Å². The summed E-state index contributed by atoms with van der Waals surface area (Å²) < 4.78 is 0. The smallest absolute Gasteiger partial charge is 0.255 e. The zero-order chi connectivity index (χ0) is 21.4. The Balaban J connectivity index is 2.02. The van der Waals surface area contributed by atoms with Gasteiger partial charge in [-0.3, -0.25) is 14.4 Å². The van der Waals surface area contributed by atoms with E-state index in [1.54, 1.807) is 0 Å². The number of carbonyl (C=O) groups excluding carboxylic acids is 3. The van der Waals surface area contributed by atoms with E-state index in [0.29, 0.717) is 0 Å². The van der Waals surface area contributed by atoms with Gasteiger partial charge in [-0.2, -0.15) is 0 Å². The van der Waals surface area contributed by atoms with Crippen LogP contribution < -0.4 is 11.5 Å². The molecule has 1 amide bonds. The van der Waals surface area contributed by atoms with Crippen LogP contribution in [0.1, 0.15) is 18.1 Å². The largest absolute Gasteiger partial charge is 0.509 e. The second-order valence-corrected chi connectivity index (χ2v) is 7.52. The quantitative estimate of drug-likeness (QED) is 0.214. The molecule has 0 aliphatic heterocycles. The molecule has 1 unspecified atom stereocenters. The molecule has 0 bridgehead atoms. The number of carbonyl (C=O) groups is 3. The number of Topliss-reactive ketones (excluding diaryl/α,β-unsaturated/α-hetero) is 2. The van der Waals surface area contributed by atoms with Gasteiger partial charge in [-0.25, -0.2) is 0 Å². The van der Waals surface area contributed by atoms with Crippen molar-refractivity contribution < 1.29 is 34.8 Å². The Morgan fingerprint density at radius 3 is 2.41 bits per heavy atom. The van der Waals surface area contributed by atoms with Crippen molar-refractivity contribution in [3.8, 4) is 5.75 Å². The van der Waals surface area contributed by atoms with Crippen LogP contribution >= 0.6 is 0 Å². The monoisotopic (exact) mass is 398 g/mol. The van der Waals surface area contributed by atoms with Crippen LogP contribution in [0.15, 0.2) is 46.8 Å². The molecule has 29 heavy (non-hydrogen) atoms. The number of benzene rings is 1. The number of hydrogen-bond acceptors (Lipinski definition) is 8. The van der Waals surface area contributed by atoms with Gasteiger partial charge in [-0.15, -0.1) is 0 Å². The van der Waals surface area contributed by atoms with E-state index < -0.39 is 58.0 Å². The second kappa shape index (κ2) is 5.79. The first-order chi connectivity index (χ1) is 13.5. The second-order valence-electron chi connectivity index (χ2n) is 7.52. The molecule has 1 aromatic rings. The Bertz CT molecular complexity index is 1110. The first kappa shape index (κ1) is 18.9. The predicted molar refractivity (Wildman–Crippen MR) is 99.1 cm³/mol. The number of rotatable bonds is 1. The van der Waals surface area contributed by atoms with E-state index in [1.807, 2.05) is 0 Å². The van der Waals surface area contributed by atoms with Gasteiger partial charge < -0.3 is 31.9 Å². The summed E-state index contributed by atoms with van der Waals surface area (Å²) in [6.07, 6.45) is 1.35. The molecule has 150 valence electrons. The number of aliphatic hydroxyl groups is 3. The van der Waals surface area contributed by atoms with E-state index in [9.17, 15) is 34.8 Å². The molecule has 0 aromatic heterocycles. The van der Waals surface area contributed by atoms with Crippen molar-refractivity contribution in [3.63, 3.8) is 0 Å². The Kier molecular flexibility index (Phi) is 3.77. The zero-order valence-corrected chi connectivity index (χ0v) is 15.2. The Morgan fingerprint density at radius 1 is 1.14 bits per heavy atom. The Labute approximate surface area is 164 Å². The Hall–Kier alpha value is -3.43. The number of amides is 1. The van der Waals surface area contributed by atoms with Crippen molar-refractivity contribution >= 4 is 23.2 Å². The molecule has 4 atom stereocenters. The summed E-state index contributed by atoms with van der Waals surface area (Å²) in [5.74, 6) is -7.49. The van der Waals surface area contributed by atoms with Crippen molar-refractivity contribution in [1.82, 2.24) is 0 Å².